The van der Waals surface area contributed by atoms with Gasteiger partial charge >= 0.3 is 11.8 Å². The Morgan fingerprint density at radius 3 is 3.00 bits per heavy atom. The van der Waals surface area contributed by atoms with Crippen LogP contribution >= 0.6 is 0 Å². The summed E-state index contributed by atoms with van der Waals surface area (Å²) in [6.45, 7) is 2.25. The monoisotopic (exact) mass is 236 g/mol. The van der Waals surface area contributed by atoms with Crippen molar-refractivity contribution in [3.05, 3.63) is 22.2 Å². The fourth-order valence-electron chi connectivity index (χ4n) is 1.09. The van der Waals surface area contributed by atoms with E-state index in [1.54, 1.807) is 6.92 Å². The van der Waals surface area contributed by atoms with Gasteiger partial charge in [0.2, 0.25) is 0 Å². The van der Waals surface area contributed by atoms with Crippen LogP contribution in [0, 0.1) is 11.8 Å². The van der Waals surface area contributed by atoms with Gasteiger partial charge in [-0.25, -0.2) is 9.59 Å². The summed E-state index contributed by atoms with van der Waals surface area (Å²) >= 11 is 0. The van der Waals surface area contributed by atoms with Gasteiger partial charge in [0.25, 0.3) is 0 Å². The molecule has 1 heterocycles. The number of nitrogens with one attached hydrogen (secondary N) is 1. The predicted octanol–water partition coefficient (Wildman–Crippen LogP) is -0.536. The van der Waals surface area contributed by atoms with Gasteiger partial charge in [0.05, 0.1) is 12.1 Å². The molecular formula is C10H12N4O3. The summed E-state index contributed by atoms with van der Waals surface area (Å²) in [5.74, 6) is 5.26. The summed E-state index contributed by atoms with van der Waals surface area (Å²) in [4.78, 5) is 25.0. The number of hydrogen-bond donors (Lipinski definition) is 3. The number of amides is 1. The first-order valence-electron chi connectivity index (χ1n) is 4.87. The highest BCUT2D eigenvalue weighted by Crippen LogP contribution is 2.02. The number of nitrogens with two attached hydrogens (primary N) is 1. The highest BCUT2D eigenvalue weighted by atomic mass is 16.4. The van der Waals surface area contributed by atoms with E-state index in [0.29, 0.717) is 12.1 Å². The smallest absolute Gasteiger partial charge is 0.405 e. The molecule has 0 atom stereocenters. The van der Waals surface area contributed by atoms with E-state index in [2.05, 4.69) is 22.1 Å². The lowest BCUT2D eigenvalue weighted by Crippen LogP contribution is -2.23. The van der Waals surface area contributed by atoms with Crippen molar-refractivity contribution in [3.63, 3.8) is 0 Å². The fourth-order valence-corrected chi connectivity index (χ4v) is 1.09. The third-order valence-electron chi connectivity index (χ3n) is 1.91. The molecule has 0 saturated heterocycles. The standard InChI is InChI=1S/C10H12N4O3/c1-2-14-6-7(8(11)13-9(14)15)4-3-5-12-10(16)17/h6,12H,2,5H2,1H3,(H,16,17)(H2,11,13,15). The Morgan fingerprint density at radius 2 is 2.41 bits per heavy atom. The second-order valence-corrected chi connectivity index (χ2v) is 3.07. The van der Waals surface area contributed by atoms with Crippen LogP contribution < -0.4 is 16.7 Å². The lowest BCUT2D eigenvalue weighted by Gasteiger charge is -2.02. The Balaban J connectivity index is 2.91. The van der Waals surface area contributed by atoms with E-state index in [4.69, 9.17) is 10.8 Å². The van der Waals surface area contributed by atoms with Crippen LogP contribution in [0.25, 0.3) is 0 Å². The molecule has 0 aliphatic carbocycles. The molecule has 0 aliphatic heterocycles. The minimum absolute atomic E-state index is 0.0139. The molecule has 1 amide bonds. The number of aryl methyl sites for hydroxylation is 1. The number of nitrogens with zero attached hydrogens (tertiary/aromatic N) is 2. The van der Waals surface area contributed by atoms with Crippen LogP contribution in [0.15, 0.2) is 11.0 Å². The molecule has 0 saturated carbocycles. The molecule has 0 radical (unpaired) electrons. The van der Waals surface area contributed by atoms with Gasteiger partial charge in [-0.05, 0) is 6.92 Å². The summed E-state index contributed by atoms with van der Waals surface area (Å²) in [6.07, 6.45) is 0.349. The lowest BCUT2D eigenvalue weighted by atomic mass is 10.3. The van der Waals surface area contributed by atoms with Crippen molar-refractivity contribution < 1.29 is 9.90 Å². The molecule has 1 rings (SSSR count). The summed E-state index contributed by atoms with van der Waals surface area (Å²) in [5, 5.41) is 10.4. The topological polar surface area (TPSA) is 110 Å². The molecule has 90 valence electrons. The maximum Gasteiger partial charge on any atom is 0.405 e. The first-order valence-corrected chi connectivity index (χ1v) is 4.87. The summed E-state index contributed by atoms with van der Waals surface area (Å²) in [7, 11) is 0. The molecule has 1 aromatic rings. The molecule has 0 fully saturated rings. The molecule has 0 bridgehead atoms. The number of rotatable bonds is 2. The van der Waals surface area contributed by atoms with Crippen LogP contribution in [0.2, 0.25) is 0 Å². The minimum atomic E-state index is -1.15. The van der Waals surface area contributed by atoms with Crippen LogP contribution in [0.5, 0.6) is 0 Å². The molecule has 0 spiro atoms. The first kappa shape index (κ1) is 12.6. The maximum atomic E-state index is 11.3. The van der Waals surface area contributed by atoms with Gasteiger partial charge in [-0.3, -0.25) is 4.57 Å². The summed E-state index contributed by atoms with van der Waals surface area (Å²) < 4.78 is 1.37. The Labute approximate surface area is 97.3 Å². The highest BCUT2D eigenvalue weighted by molar-refractivity contribution is 5.64. The zero-order chi connectivity index (χ0) is 12.8. The number of anilines is 1. The summed E-state index contributed by atoms with van der Waals surface area (Å²) in [5.41, 5.74) is 5.49. The van der Waals surface area contributed by atoms with Crippen LogP contribution in [0.4, 0.5) is 10.6 Å². The van der Waals surface area contributed by atoms with Gasteiger partial charge in [0.1, 0.15) is 5.82 Å². The third kappa shape index (κ3) is 3.53. The van der Waals surface area contributed by atoms with Crippen molar-refractivity contribution in [3.8, 4) is 11.8 Å². The van der Waals surface area contributed by atoms with Crippen molar-refractivity contribution in [1.82, 2.24) is 14.9 Å². The zero-order valence-corrected chi connectivity index (χ0v) is 9.23. The van der Waals surface area contributed by atoms with Gasteiger partial charge in [-0.1, -0.05) is 11.8 Å². The maximum absolute atomic E-state index is 11.3. The molecule has 0 aromatic carbocycles. The van der Waals surface area contributed by atoms with Gasteiger partial charge in [0, 0.05) is 12.7 Å². The largest absolute Gasteiger partial charge is 0.465 e. The molecule has 1 aromatic heterocycles. The number of carboxylic acid groups (broad SMARTS) is 1. The molecule has 17 heavy (non-hydrogen) atoms. The third-order valence-corrected chi connectivity index (χ3v) is 1.91. The van der Waals surface area contributed by atoms with E-state index in [1.807, 2.05) is 0 Å². The quantitative estimate of drug-likeness (QED) is 0.597. The Morgan fingerprint density at radius 1 is 1.71 bits per heavy atom. The lowest BCUT2D eigenvalue weighted by molar-refractivity contribution is 0.196. The molecule has 7 nitrogen and oxygen atoms in total. The van der Waals surface area contributed by atoms with Crippen LogP contribution in [0.1, 0.15) is 12.5 Å². The van der Waals surface area contributed by atoms with Gasteiger partial charge < -0.3 is 16.2 Å². The van der Waals surface area contributed by atoms with E-state index < -0.39 is 11.8 Å². The Kier molecular flexibility index (Phi) is 4.11. The van der Waals surface area contributed by atoms with E-state index in [9.17, 15) is 9.59 Å². The average Bonchev–Trinajstić information content (AvgIpc) is 2.26. The molecule has 7 heteroatoms. The molecular weight excluding hydrogens is 224 g/mol. The van der Waals surface area contributed by atoms with Gasteiger partial charge in [0.15, 0.2) is 0 Å². The van der Waals surface area contributed by atoms with Crippen molar-refractivity contribution in [2.75, 3.05) is 12.3 Å². The Bertz CT molecular complexity index is 539. The molecule has 0 unspecified atom stereocenters. The minimum Gasteiger partial charge on any atom is -0.465 e. The predicted molar refractivity (Wildman–Crippen MR) is 61.5 cm³/mol. The SMILES string of the molecule is CCn1cc(C#CCNC(=O)O)c(N)nc1=O. The van der Waals surface area contributed by atoms with Crippen LogP contribution in [-0.4, -0.2) is 27.3 Å². The molecule has 0 aliphatic rings. The van der Waals surface area contributed by atoms with Crippen LogP contribution in [0.3, 0.4) is 0 Å². The summed E-state index contributed by atoms with van der Waals surface area (Å²) in [6, 6.07) is 0. The van der Waals surface area contributed by atoms with Crippen molar-refractivity contribution >= 4 is 11.9 Å². The normalized spacial score (nSPS) is 9.24. The van der Waals surface area contributed by atoms with Gasteiger partial charge in [-0.15, -0.1) is 0 Å². The Hall–Kier alpha value is -2.49. The number of carbonyl (C=O) groups is 1. The fraction of sp³-hybridized carbons (Fsp3) is 0.300. The van der Waals surface area contributed by atoms with E-state index in [0.717, 1.165) is 0 Å². The number of nitrogen functional groups attached to an aromatic ring is 1. The average molecular weight is 236 g/mol. The van der Waals surface area contributed by atoms with Crippen molar-refractivity contribution in [1.29, 1.82) is 0 Å². The second-order valence-electron chi connectivity index (χ2n) is 3.07. The second kappa shape index (κ2) is 5.55. The zero-order valence-electron chi connectivity index (χ0n) is 9.23. The van der Waals surface area contributed by atoms with E-state index >= 15 is 0 Å². The van der Waals surface area contributed by atoms with Crippen LogP contribution in [-0.2, 0) is 6.54 Å². The number of aromatic nitrogens is 2. The van der Waals surface area contributed by atoms with Crippen molar-refractivity contribution in [2.24, 2.45) is 0 Å². The highest BCUT2D eigenvalue weighted by Gasteiger charge is 2.01. The van der Waals surface area contributed by atoms with E-state index in [1.165, 1.54) is 10.8 Å². The molecule has 4 N–H and O–H groups in total. The van der Waals surface area contributed by atoms with E-state index in [-0.39, 0.29) is 12.4 Å². The number of hydrogen-bond acceptors (Lipinski definition) is 4. The first-order chi connectivity index (χ1) is 8.04. The van der Waals surface area contributed by atoms with Crippen molar-refractivity contribution in [2.45, 2.75) is 13.5 Å². The van der Waals surface area contributed by atoms with Gasteiger partial charge in [-0.2, -0.15) is 4.98 Å².